The Morgan fingerprint density at radius 3 is 2.93 bits per heavy atom. The molecule has 2 aromatic rings. The average molecular weight is 204 g/mol. The van der Waals surface area contributed by atoms with Crippen LogP contribution >= 0.6 is 0 Å². The lowest BCUT2D eigenvalue weighted by Crippen LogP contribution is -2.20. The molecule has 0 saturated carbocycles. The molecule has 1 heterocycles. The molecule has 2 rings (SSSR count). The summed E-state index contributed by atoms with van der Waals surface area (Å²) in [5.74, 6) is -0.394. The van der Waals surface area contributed by atoms with Gasteiger partial charge in [0.05, 0.1) is 6.26 Å². The maximum Gasteiger partial charge on any atom is 0.219 e. The van der Waals surface area contributed by atoms with E-state index in [2.05, 4.69) is 0 Å². The van der Waals surface area contributed by atoms with Gasteiger partial charge in [-0.05, 0) is 23.8 Å². The Morgan fingerprint density at radius 2 is 2.20 bits per heavy atom. The van der Waals surface area contributed by atoms with Gasteiger partial charge in [0.15, 0.2) is 0 Å². The van der Waals surface area contributed by atoms with E-state index in [9.17, 15) is 4.79 Å². The third-order valence-electron chi connectivity index (χ3n) is 2.33. The van der Waals surface area contributed by atoms with Crippen LogP contribution in [0.2, 0.25) is 0 Å². The van der Waals surface area contributed by atoms with Crippen molar-refractivity contribution >= 4 is 16.9 Å². The van der Waals surface area contributed by atoms with E-state index in [-0.39, 0.29) is 12.5 Å². The summed E-state index contributed by atoms with van der Waals surface area (Å²) in [7, 11) is 0. The lowest BCUT2D eigenvalue weighted by molar-refractivity contribution is -0.118. The molecule has 0 bridgehead atoms. The lowest BCUT2D eigenvalue weighted by atomic mass is 10.0. The summed E-state index contributed by atoms with van der Waals surface area (Å²) in [5.41, 5.74) is 12.6. The zero-order valence-corrected chi connectivity index (χ0v) is 8.14. The van der Waals surface area contributed by atoms with Gasteiger partial charge in [0.25, 0.3) is 0 Å². The summed E-state index contributed by atoms with van der Waals surface area (Å²) < 4.78 is 5.20. The highest BCUT2D eigenvalue weighted by molar-refractivity contribution is 5.78. The molecule has 1 amide bonds. The first-order chi connectivity index (χ1) is 7.16. The Labute approximate surface area is 86.8 Å². The van der Waals surface area contributed by atoms with Crippen LogP contribution in [0.15, 0.2) is 34.9 Å². The number of hydrogen-bond donors (Lipinski definition) is 2. The van der Waals surface area contributed by atoms with Gasteiger partial charge >= 0.3 is 0 Å². The molecule has 0 fully saturated rings. The van der Waals surface area contributed by atoms with Crippen LogP contribution in [0, 0.1) is 0 Å². The molecule has 0 saturated heterocycles. The summed E-state index contributed by atoms with van der Waals surface area (Å²) in [6, 6.07) is 7.11. The number of amides is 1. The van der Waals surface area contributed by atoms with Gasteiger partial charge in [-0.3, -0.25) is 4.79 Å². The van der Waals surface area contributed by atoms with Crippen LogP contribution < -0.4 is 11.5 Å². The van der Waals surface area contributed by atoms with Crippen molar-refractivity contribution in [3.05, 3.63) is 36.1 Å². The highest BCUT2D eigenvalue weighted by Gasteiger charge is 2.10. The molecule has 0 aliphatic carbocycles. The smallest absolute Gasteiger partial charge is 0.219 e. The van der Waals surface area contributed by atoms with Crippen molar-refractivity contribution < 1.29 is 9.21 Å². The summed E-state index contributed by atoms with van der Waals surface area (Å²) in [6.45, 7) is 0. The number of hydrogen-bond acceptors (Lipinski definition) is 3. The van der Waals surface area contributed by atoms with Crippen molar-refractivity contribution in [2.75, 3.05) is 0 Å². The fourth-order valence-corrected chi connectivity index (χ4v) is 1.55. The molecule has 0 aliphatic heterocycles. The van der Waals surface area contributed by atoms with Crippen molar-refractivity contribution in [3.63, 3.8) is 0 Å². The minimum atomic E-state index is -0.394. The molecule has 1 aromatic carbocycles. The third-order valence-corrected chi connectivity index (χ3v) is 2.33. The summed E-state index contributed by atoms with van der Waals surface area (Å²) in [4.78, 5) is 10.7. The SMILES string of the molecule is NC(=O)CC(N)c1ccc2occc2c1. The van der Waals surface area contributed by atoms with Gasteiger partial charge in [-0.1, -0.05) is 6.07 Å². The molecule has 1 unspecified atom stereocenters. The first-order valence-electron chi connectivity index (χ1n) is 4.68. The molecule has 1 aromatic heterocycles. The molecular weight excluding hydrogens is 192 g/mol. The third kappa shape index (κ3) is 1.99. The number of rotatable bonds is 3. The Balaban J connectivity index is 2.30. The molecule has 15 heavy (non-hydrogen) atoms. The van der Waals surface area contributed by atoms with Crippen molar-refractivity contribution in [1.82, 2.24) is 0 Å². The summed E-state index contributed by atoms with van der Waals surface area (Å²) in [5, 5.41) is 0.979. The van der Waals surface area contributed by atoms with Crippen LogP contribution in [-0.4, -0.2) is 5.91 Å². The Morgan fingerprint density at radius 1 is 1.40 bits per heavy atom. The number of carbonyl (C=O) groups is 1. The fraction of sp³-hybridized carbons (Fsp3) is 0.182. The molecule has 1 atom stereocenters. The number of fused-ring (bicyclic) bond motifs is 1. The van der Waals surface area contributed by atoms with Crippen molar-refractivity contribution in [2.45, 2.75) is 12.5 Å². The molecule has 0 spiro atoms. The summed E-state index contributed by atoms with van der Waals surface area (Å²) >= 11 is 0. The maximum absolute atomic E-state index is 10.7. The Kier molecular flexibility index (Phi) is 2.43. The zero-order chi connectivity index (χ0) is 10.8. The minimum absolute atomic E-state index is 0.156. The van der Waals surface area contributed by atoms with E-state index in [0.29, 0.717) is 0 Å². The second-order valence-electron chi connectivity index (χ2n) is 3.49. The second kappa shape index (κ2) is 3.74. The van der Waals surface area contributed by atoms with E-state index < -0.39 is 5.91 Å². The summed E-state index contributed by atoms with van der Waals surface area (Å²) in [6.07, 6.45) is 1.78. The molecule has 0 radical (unpaired) electrons. The number of carbonyl (C=O) groups excluding carboxylic acids is 1. The van der Waals surface area contributed by atoms with Gasteiger partial charge in [-0.2, -0.15) is 0 Å². The van der Waals surface area contributed by atoms with Crippen LogP contribution in [0.4, 0.5) is 0 Å². The van der Waals surface area contributed by atoms with Crippen LogP contribution in [0.25, 0.3) is 11.0 Å². The molecule has 4 heteroatoms. The highest BCUT2D eigenvalue weighted by atomic mass is 16.3. The van der Waals surface area contributed by atoms with Gasteiger partial charge in [0, 0.05) is 17.8 Å². The number of primary amides is 1. The van der Waals surface area contributed by atoms with Crippen LogP contribution in [0.3, 0.4) is 0 Å². The minimum Gasteiger partial charge on any atom is -0.464 e. The standard InChI is InChI=1S/C11H12N2O2/c12-9(6-11(13)14)7-1-2-10-8(5-7)3-4-15-10/h1-5,9H,6,12H2,(H2,13,14). The first kappa shape index (κ1) is 9.73. The van der Waals surface area contributed by atoms with Crippen molar-refractivity contribution in [3.8, 4) is 0 Å². The van der Waals surface area contributed by atoms with Crippen LogP contribution in [-0.2, 0) is 4.79 Å². The molecule has 78 valence electrons. The largest absolute Gasteiger partial charge is 0.464 e. The first-order valence-corrected chi connectivity index (χ1v) is 4.68. The monoisotopic (exact) mass is 204 g/mol. The van der Waals surface area contributed by atoms with Crippen LogP contribution in [0.5, 0.6) is 0 Å². The quantitative estimate of drug-likeness (QED) is 0.790. The predicted molar refractivity (Wildman–Crippen MR) is 57.0 cm³/mol. The van der Waals surface area contributed by atoms with E-state index in [1.807, 2.05) is 24.3 Å². The maximum atomic E-state index is 10.7. The fourth-order valence-electron chi connectivity index (χ4n) is 1.55. The molecular formula is C11H12N2O2. The topological polar surface area (TPSA) is 82.2 Å². The van der Waals surface area contributed by atoms with Gasteiger partial charge in [-0.25, -0.2) is 0 Å². The number of nitrogens with two attached hydrogens (primary N) is 2. The number of furan rings is 1. The van der Waals surface area contributed by atoms with E-state index in [4.69, 9.17) is 15.9 Å². The highest BCUT2D eigenvalue weighted by Crippen LogP contribution is 2.21. The van der Waals surface area contributed by atoms with Crippen molar-refractivity contribution in [1.29, 1.82) is 0 Å². The Hall–Kier alpha value is -1.81. The van der Waals surface area contributed by atoms with Gasteiger partial charge in [0.2, 0.25) is 5.91 Å². The van der Waals surface area contributed by atoms with E-state index in [1.165, 1.54) is 0 Å². The number of benzene rings is 1. The van der Waals surface area contributed by atoms with Gasteiger partial charge in [0.1, 0.15) is 5.58 Å². The van der Waals surface area contributed by atoms with Gasteiger partial charge < -0.3 is 15.9 Å². The second-order valence-corrected chi connectivity index (χ2v) is 3.49. The van der Waals surface area contributed by atoms with Gasteiger partial charge in [-0.15, -0.1) is 0 Å². The van der Waals surface area contributed by atoms with E-state index >= 15 is 0 Å². The predicted octanol–water partition coefficient (Wildman–Crippen LogP) is 1.31. The molecule has 0 aliphatic rings. The average Bonchev–Trinajstić information content (AvgIpc) is 2.62. The van der Waals surface area contributed by atoms with E-state index in [0.717, 1.165) is 16.5 Å². The normalized spacial score (nSPS) is 12.9. The van der Waals surface area contributed by atoms with Crippen LogP contribution in [0.1, 0.15) is 18.0 Å². The lowest BCUT2D eigenvalue weighted by Gasteiger charge is -2.09. The Bertz CT molecular complexity index is 490. The molecule has 4 nitrogen and oxygen atoms in total. The zero-order valence-electron chi connectivity index (χ0n) is 8.14. The molecule has 4 N–H and O–H groups in total. The van der Waals surface area contributed by atoms with E-state index in [1.54, 1.807) is 6.26 Å². The van der Waals surface area contributed by atoms with Crippen molar-refractivity contribution in [2.24, 2.45) is 11.5 Å².